The second-order valence-electron chi connectivity index (χ2n) is 5.95. The Morgan fingerprint density at radius 2 is 1.86 bits per heavy atom. The van der Waals surface area contributed by atoms with Crippen molar-refractivity contribution in [2.24, 2.45) is 0 Å². The molecular weight excluding hydrogens is 268 g/mol. The van der Waals surface area contributed by atoms with E-state index in [1.807, 2.05) is 38.4 Å². The number of hydrogen-bond donors (Lipinski definition) is 2. The number of ether oxygens (including phenoxy) is 2. The fraction of sp³-hybridized carbons (Fsp3) is 0.625. The highest BCUT2D eigenvalue weighted by molar-refractivity contribution is 5.39. The van der Waals surface area contributed by atoms with Crippen LogP contribution in [-0.4, -0.2) is 62.6 Å². The third-order valence-corrected chi connectivity index (χ3v) is 3.65. The van der Waals surface area contributed by atoms with E-state index in [1.54, 1.807) is 7.11 Å². The number of nitrogens with zero attached hydrogens (tertiary/aromatic N) is 1. The molecule has 0 aliphatic heterocycles. The molecule has 1 unspecified atom stereocenters. The predicted octanol–water partition coefficient (Wildman–Crippen LogP) is 1.36. The van der Waals surface area contributed by atoms with E-state index in [-0.39, 0.29) is 12.1 Å². The number of likely N-dealkylation sites (N-methyl/N-ethyl adjacent to an activating group) is 1. The first-order valence-electron chi connectivity index (χ1n) is 7.19. The van der Waals surface area contributed by atoms with Crippen molar-refractivity contribution in [3.8, 4) is 11.5 Å². The van der Waals surface area contributed by atoms with E-state index in [1.165, 1.54) is 0 Å². The molecule has 21 heavy (non-hydrogen) atoms. The summed E-state index contributed by atoms with van der Waals surface area (Å²) in [5, 5.41) is 13.2. The summed E-state index contributed by atoms with van der Waals surface area (Å²) in [4.78, 5) is 2.15. The second kappa shape index (κ2) is 8.22. The van der Waals surface area contributed by atoms with E-state index < -0.39 is 6.10 Å². The van der Waals surface area contributed by atoms with Crippen LogP contribution in [0.1, 0.15) is 13.8 Å². The topological polar surface area (TPSA) is 54.0 Å². The van der Waals surface area contributed by atoms with Gasteiger partial charge in [0.25, 0.3) is 0 Å². The van der Waals surface area contributed by atoms with E-state index in [2.05, 4.69) is 24.1 Å². The minimum atomic E-state index is -0.562. The summed E-state index contributed by atoms with van der Waals surface area (Å²) in [6.45, 7) is 5.82. The Kier molecular flexibility index (Phi) is 6.95. The largest absolute Gasteiger partial charge is 0.493 e. The molecule has 5 nitrogen and oxygen atoms in total. The summed E-state index contributed by atoms with van der Waals surface area (Å²) in [6.07, 6.45) is -0.562. The maximum atomic E-state index is 9.97. The number of benzene rings is 1. The fourth-order valence-electron chi connectivity index (χ4n) is 1.69. The molecule has 0 radical (unpaired) electrons. The summed E-state index contributed by atoms with van der Waals surface area (Å²) in [7, 11) is 5.69. The van der Waals surface area contributed by atoms with Crippen molar-refractivity contribution >= 4 is 0 Å². The number of nitrogens with one attached hydrogen (secondary N) is 1. The van der Waals surface area contributed by atoms with Crippen molar-refractivity contribution in [1.29, 1.82) is 0 Å². The minimum absolute atomic E-state index is 0.0449. The Morgan fingerprint density at radius 3 is 2.43 bits per heavy atom. The number of hydrogen-bond acceptors (Lipinski definition) is 5. The van der Waals surface area contributed by atoms with Gasteiger partial charge < -0.3 is 24.8 Å². The first kappa shape index (κ1) is 17.8. The lowest BCUT2D eigenvalue weighted by atomic mass is 10.0. The van der Waals surface area contributed by atoms with Gasteiger partial charge in [-0.1, -0.05) is 12.1 Å². The van der Waals surface area contributed by atoms with E-state index in [9.17, 15) is 5.11 Å². The van der Waals surface area contributed by atoms with Crippen LogP contribution in [0.3, 0.4) is 0 Å². The zero-order valence-electron chi connectivity index (χ0n) is 13.7. The highest BCUT2D eigenvalue weighted by atomic mass is 16.5. The molecule has 120 valence electrons. The van der Waals surface area contributed by atoms with Crippen molar-refractivity contribution in [3.63, 3.8) is 0 Å². The molecule has 0 aromatic heterocycles. The normalized spacial score (nSPS) is 13.3. The van der Waals surface area contributed by atoms with Gasteiger partial charge in [0, 0.05) is 18.6 Å². The van der Waals surface area contributed by atoms with Crippen molar-refractivity contribution in [1.82, 2.24) is 10.2 Å². The van der Waals surface area contributed by atoms with Crippen LogP contribution in [-0.2, 0) is 0 Å². The molecule has 2 N–H and O–H groups in total. The summed E-state index contributed by atoms with van der Waals surface area (Å²) in [5.41, 5.74) is 0.0449. The standard InChI is InChI=1S/C16H28N2O3/c1-16(2,18(3)4)12-17-10-13(19)11-21-15-9-7-6-8-14(15)20-5/h6-9,13,17,19H,10-12H2,1-5H3. The van der Waals surface area contributed by atoms with Gasteiger partial charge in [-0.3, -0.25) is 0 Å². The Labute approximate surface area is 127 Å². The molecule has 1 aromatic carbocycles. The van der Waals surface area contributed by atoms with Crippen molar-refractivity contribution in [3.05, 3.63) is 24.3 Å². The lowest BCUT2D eigenvalue weighted by Crippen LogP contribution is -2.48. The monoisotopic (exact) mass is 296 g/mol. The molecule has 0 aliphatic carbocycles. The van der Waals surface area contributed by atoms with E-state index in [0.29, 0.717) is 18.0 Å². The first-order valence-corrected chi connectivity index (χ1v) is 7.19. The molecule has 0 aliphatic rings. The van der Waals surface area contributed by atoms with Crippen LogP contribution in [0, 0.1) is 0 Å². The van der Waals surface area contributed by atoms with Gasteiger partial charge in [0.2, 0.25) is 0 Å². The molecule has 5 heteroatoms. The molecule has 0 fully saturated rings. The highest BCUT2D eigenvalue weighted by Gasteiger charge is 2.20. The predicted molar refractivity (Wildman–Crippen MR) is 85.1 cm³/mol. The average molecular weight is 296 g/mol. The molecule has 0 saturated carbocycles. The number of methoxy groups -OCH3 is 1. The summed E-state index contributed by atoms with van der Waals surface area (Å²) in [6, 6.07) is 7.42. The third-order valence-electron chi connectivity index (χ3n) is 3.65. The Bertz CT molecular complexity index is 422. The molecule has 0 bridgehead atoms. The lowest BCUT2D eigenvalue weighted by molar-refractivity contribution is 0.0986. The third kappa shape index (κ3) is 5.91. The number of rotatable bonds is 9. The lowest BCUT2D eigenvalue weighted by Gasteiger charge is -2.33. The van der Waals surface area contributed by atoms with Crippen LogP contribution >= 0.6 is 0 Å². The molecule has 0 saturated heterocycles. The summed E-state index contributed by atoms with van der Waals surface area (Å²) < 4.78 is 10.8. The SMILES string of the molecule is COc1ccccc1OCC(O)CNCC(C)(C)N(C)C. The van der Waals surface area contributed by atoms with Crippen LogP contribution in [0.25, 0.3) is 0 Å². The molecule has 1 rings (SSSR count). The molecule has 0 amide bonds. The number of para-hydroxylation sites is 2. The maximum absolute atomic E-state index is 9.97. The Hall–Kier alpha value is -1.30. The zero-order valence-corrected chi connectivity index (χ0v) is 13.7. The number of aliphatic hydroxyl groups excluding tert-OH is 1. The van der Waals surface area contributed by atoms with E-state index >= 15 is 0 Å². The average Bonchev–Trinajstić information content (AvgIpc) is 2.45. The molecule has 1 atom stereocenters. The molecule has 0 spiro atoms. The Balaban J connectivity index is 2.33. The summed E-state index contributed by atoms with van der Waals surface area (Å²) >= 11 is 0. The van der Waals surface area contributed by atoms with Gasteiger partial charge in [-0.25, -0.2) is 0 Å². The van der Waals surface area contributed by atoms with Crippen LogP contribution in [0.4, 0.5) is 0 Å². The molecule has 0 heterocycles. The van der Waals surface area contributed by atoms with Gasteiger partial charge in [0.05, 0.1) is 7.11 Å². The van der Waals surface area contributed by atoms with Crippen molar-refractivity contribution in [2.45, 2.75) is 25.5 Å². The second-order valence-corrected chi connectivity index (χ2v) is 5.95. The van der Waals surface area contributed by atoms with Gasteiger partial charge in [-0.2, -0.15) is 0 Å². The van der Waals surface area contributed by atoms with Gasteiger partial charge in [-0.05, 0) is 40.1 Å². The van der Waals surface area contributed by atoms with Gasteiger partial charge in [0.1, 0.15) is 12.7 Å². The Morgan fingerprint density at radius 1 is 1.24 bits per heavy atom. The van der Waals surface area contributed by atoms with E-state index in [4.69, 9.17) is 9.47 Å². The fourth-order valence-corrected chi connectivity index (χ4v) is 1.69. The quantitative estimate of drug-likeness (QED) is 0.721. The van der Waals surface area contributed by atoms with E-state index in [0.717, 1.165) is 6.54 Å². The summed E-state index contributed by atoms with van der Waals surface area (Å²) in [5.74, 6) is 1.32. The van der Waals surface area contributed by atoms with Crippen LogP contribution in [0.15, 0.2) is 24.3 Å². The minimum Gasteiger partial charge on any atom is -0.493 e. The van der Waals surface area contributed by atoms with Crippen molar-refractivity contribution < 1.29 is 14.6 Å². The van der Waals surface area contributed by atoms with Gasteiger partial charge >= 0.3 is 0 Å². The molecular formula is C16H28N2O3. The number of aliphatic hydroxyl groups is 1. The molecule has 1 aromatic rings. The smallest absolute Gasteiger partial charge is 0.161 e. The zero-order chi connectivity index (χ0) is 15.9. The first-order chi connectivity index (χ1) is 9.86. The van der Waals surface area contributed by atoms with Crippen LogP contribution in [0.2, 0.25) is 0 Å². The maximum Gasteiger partial charge on any atom is 0.161 e. The van der Waals surface area contributed by atoms with Gasteiger partial charge in [0.15, 0.2) is 11.5 Å². The van der Waals surface area contributed by atoms with Crippen LogP contribution < -0.4 is 14.8 Å². The highest BCUT2D eigenvalue weighted by Crippen LogP contribution is 2.25. The van der Waals surface area contributed by atoms with Gasteiger partial charge in [-0.15, -0.1) is 0 Å². The van der Waals surface area contributed by atoms with Crippen molar-refractivity contribution in [2.75, 3.05) is 40.9 Å². The van der Waals surface area contributed by atoms with Crippen LogP contribution in [0.5, 0.6) is 11.5 Å².